The topological polar surface area (TPSA) is 13.1 Å². The summed E-state index contributed by atoms with van der Waals surface area (Å²) in [5.74, 6) is 1.02. The van der Waals surface area contributed by atoms with Crippen LogP contribution in [0.15, 0.2) is 33.2 Å². The Morgan fingerprint density at radius 3 is 2.93 bits per heavy atom. The molecule has 3 rings (SSSR count). The number of rotatable bonds is 0. The standard InChI is InChI=1S/C12H9BrO/c13-8-5-6-10-9-3-1-2-4-11(9)14-12(10)7-8/h1-4,7H,5-6H2. The number of allylic oxidation sites excluding steroid dienone is 1. The third kappa shape index (κ3) is 1.14. The van der Waals surface area contributed by atoms with Gasteiger partial charge in [-0.2, -0.15) is 0 Å². The van der Waals surface area contributed by atoms with E-state index in [1.807, 2.05) is 12.1 Å². The van der Waals surface area contributed by atoms with E-state index in [2.05, 4.69) is 34.1 Å². The van der Waals surface area contributed by atoms with E-state index in [9.17, 15) is 0 Å². The molecular weight excluding hydrogens is 240 g/mol. The molecule has 0 bridgehead atoms. The zero-order valence-electron chi connectivity index (χ0n) is 7.59. The van der Waals surface area contributed by atoms with E-state index >= 15 is 0 Å². The first-order valence-electron chi connectivity index (χ1n) is 4.71. The highest BCUT2D eigenvalue weighted by Gasteiger charge is 2.16. The smallest absolute Gasteiger partial charge is 0.135 e. The van der Waals surface area contributed by atoms with Crippen LogP contribution in [0.2, 0.25) is 0 Å². The summed E-state index contributed by atoms with van der Waals surface area (Å²) < 4.78 is 6.98. The summed E-state index contributed by atoms with van der Waals surface area (Å²) in [6.45, 7) is 0. The minimum absolute atomic E-state index is 0.996. The molecule has 0 unspecified atom stereocenters. The monoisotopic (exact) mass is 248 g/mol. The van der Waals surface area contributed by atoms with Crippen LogP contribution in [0.4, 0.5) is 0 Å². The molecule has 1 aliphatic carbocycles. The summed E-state index contributed by atoms with van der Waals surface area (Å²) in [5.41, 5.74) is 2.35. The van der Waals surface area contributed by atoms with Crippen LogP contribution in [0.5, 0.6) is 0 Å². The van der Waals surface area contributed by atoms with Crippen LogP contribution in [0.25, 0.3) is 17.0 Å². The van der Waals surface area contributed by atoms with Gasteiger partial charge in [-0.15, -0.1) is 0 Å². The zero-order valence-corrected chi connectivity index (χ0v) is 9.17. The number of benzene rings is 1. The number of furan rings is 1. The molecule has 0 N–H and O–H groups in total. The molecular formula is C12H9BrO. The normalized spacial score (nSPS) is 15.4. The Morgan fingerprint density at radius 2 is 2.00 bits per heavy atom. The average Bonchev–Trinajstić information content (AvgIpc) is 2.54. The summed E-state index contributed by atoms with van der Waals surface area (Å²) in [7, 11) is 0. The van der Waals surface area contributed by atoms with Gasteiger partial charge in [0.05, 0.1) is 0 Å². The largest absolute Gasteiger partial charge is 0.456 e. The second kappa shape index (κ2) is 2.99. The van der Waals surface area contributed by atoms with Crippen LogP contribution in [0.3, 0.4) is 0 Å². The third-order valence-electron chi connectivity index (χ3n) is 2.63. The third-order valence-corrected chi connectivity index (χ3v) is 3.26. The van der Waals surface area contributed by atoms with E-state index in [1.165, 1.54) is 15.4 Å². The van der Waals surface area contributed by atoms with Crippen LogP contribution in [0.1, 0.15) is 17.7 Å². The highest BCUT2D eigenvalue weighted by molar-refractivity contribution is 9.11. The van der Waals surface area contributed by atoms with E-state index in [-0.39, 0.29) is 0 Å². The number of para-hydroxylation sites is 1. The second-order valence-corrected chi connectivity index (χ2v) is 4.55. The summed E-state index contributed by atoms with van der Waals surface area (Å²) in [6.07, 6.45) is 4.23. The molecule has 0 saturated heterocycles. The van der Waals surface area contributed by atoms with E-state index in [4.69, 9.17) is 4.42 Å². The van der Waals surface area contributed by atoms with E-state index in [0.717, 1.165) is 24.2 Å². The molecule has 0 spiro atoms. The first-order chi connectivity index (χ1) is 6.84. The Hall–Kier alpha value is -1.02. The molecule has 0 atom stereocenters. The van der Waals surface area contributed by atoms with Crippen molar-refractivity contribution in [2.75, 3.05) is 0 Å². The van der Waals surface area contributed by atoms with Crippen LogP contribution in [-0.4, -0.2) is 0 Å². The van der Waals surface area contributed by atoms with Gasteiger partial charge in [0.1, 0.15) is 11.3 Å². The predicted octanol–water partition coefficient (Wildman–Crippen LogP) is 4.11. The fourth-order valence-electron chi connectivity index (χ4n) is 1.95. The fourth-order valence-corrected chi connectivity index (χ4v) is 2.36. The highest BCUT2D eigenvalue weighted by Crippen LogP contribution is 2.34. The number of aryl methyl sites for hydroxylation is 1. The van der Waals surface area contributed by atoms with Gasteiger partial charge in [-0.1, -0.05) is 34.1 Å². The van der Waals surface area contributed by atoms with Crippen LogP contribution >= 0.6 is 15.9 Å². The lowest BCUT2D eigenvalue weighted by atomic mass is 10.0. The summed E-state index contributed by atoms with van der Waals surface area (Å²) in [5, 5.41) is 1.26. The molecule has 2 aromatic rings. The Morgan fingerprint density at radius 1 is 1.14 bits per heavy atom. The van der Waals surface area contributed by atoms with Crippen LogP contribution in [-0.2, 0) is 6.42 Å². The van der Waals surface area contributed by atoms with Crippen molar-refractivity contribution in [2.45, 2.75) is 12.8 Å². The highest BCUT2D eigenvalue weighted by atomic mass is 79.9. The number of hydrogen-bond acceptors (Lipinski definition) is 1. The number of halogens is 1. The average molecular weight is 249 g/mol. The molecule has 2 heteroatoms. The lowest BCUT2D eigenvalue weighted by Crippen LogP contribution is -1.92. The van der Waals surface area contributed by atoms with Gasteiger partial charge in [-0.05, 0) is 29.5 Å². The maximum atomic E-state index is 5.75. The molecule has 70 valence electrons. The van der Waals surface area contributed by atoms with Gasteiger partial charge >= 0.3 is 0 Å². The molecule has 1 aliphatic rings. The summed E-state index contributed by atoms with van der Waals surface area (Å²) in [6, 6.07) is 8.22. The van der Waals surface area contributed by atoms with Gasteiger partial charge in [-0.25, -0.2) is 0 Å². The molecule has 0 amide bonds. The molecule has 0 aliphatic heterocycles. The molecule has 1 heterocycles. The van der Waals surface area contributed by atoms with Gasteiger partial charge in [0.25, 0.3) is 0 Å². The molecule has 14 heavy (non-hydrogen) atoms. The van der Waals surface area contributed by atoms with Crippen molar-refractivity contribution in [3.05, 3.63) is 40.1 Å². The number of hydrogen-bond donors (Lipinski definition) is 0. The minimum Gasteiger partial charge on any atom is -0.456 e. The first-order valence-corrected chi connectivity index (χ1v) is 5.50. The summed E-state index contributed by atoms with van der Waals surface area (Å²) >= 11 is 3.52. The van der Waals surface area contributed by atoms with Gasteiger partial charge < -0.3 is 4.42 Å². The van der Waals surface area contributed by atoms with E-state index < -0.39 is 0 Å². The molecule has 1 nitrogen and oxygen atoms in total. The Balaban J connectivity index is 2.35. The molecule has 1 aromatic heterocycles. The molecule has 0 fully saturated rings. The lowest BCUT2D eigenvalue weighted by Gasteiger charge is -2.06. The Kier molecular flexibility index (Phi) is 1.77. The van der Waals surface area contributed by atoms with Gasteiger partial charge in [0.15, 0.2) is 0 Å². The zero-order chi connectivity index (χ0) is 9.54. The van der Waals surface area contributed by atoms with E-state index in [1.54, 1.807) is 0 Å². The second-order valence-electron chi connectivity index (χ2n) is 3.53. The van der Waals surface area contributed by atoms with E-state index in [0.29, 0.717) is 0 Å². The Bertz CT molecular complexity index is 522. The van der Waals surface area contributed by atoms with Crippen molar-refractivity contribution >= 4 is 33.0 Å². The van der Waals surface area contributed by atoms with Gasteiger partial charge in [0.2, 0.25) is 0 Å². The lowest BCUT2D eigenvalue weighted by molar-refractivity contribution is 0.595. The quantitative estimate of drug-likeness (QED) is 0.684. The Labute approximate surface area is 90.5 Å². The van der Waals surface area contributed by atoms with Crippen molar-refractivity contribution in [1.82, 2.24) is 0 Å². The number of fused-ring (bicyclic) bond motifs is 3. The minimum atomic E-state index is 0.996. The van der Waals surface area contributed by atoms with Crippen LogP contribution in [0, 0.1) is 0 Å². The van der Waals surface area contributed by atoms with Crippen molar-refractivity contribution in [3.8, 4) is 0 Å². The van der Waals surface area contributed by atoms with Crippen molar-refractivity contribution < 1.29 is 4.42 Å². The fraction of sp³-hybridized carbons (Fsp3) is 0.167. The molecule has 0 radical (unpaired) electrons. The SMILES string of the molecule is BrC1=Cc2oc3ccccc3c2CC1. The van der Waals surface area contributed by atoms with Crippen molar-refractivity contribution in [2.24, 2.45) is 0 Å². The molecule has 1 aromatic carbocycles. The van der Waals surface area contributed by atoms with Crippen molar-refractivity contribution in [1.29, 1.82) is 0 Å². The van der Waals surface area contributed by atoms with Gasteiger partial charge in [-0.3, -0.25) is 0 Å². The molecule has 0 saturated carbocycles. The first kappa shape index (κ1) is 8.30. The predicted molar refractivity (Wildman–Crippen MR) is 61.4 cm³/mol. The van der Waals surface area contributed by atoms with Crippen molar-refractivity contribution in [3.63, 3.8) is 0 Å². The summed E-state index contributed by atoms with van der Waals surface area (Å²) in [4.78, 5) is 0. The maximum Gasteiger partial charge on any atom is 0.135 e. The van der Waals surface area contributed by atoms with Gasteiger partial charge in [0, 0.05) is 10.9 Å². The maximum absolute atomic E-state index is 5.75. The van der Waals surface area contributed by atoms with Crippen LogP contribution < -0.4 is 0 Å².